The molecular formula is C17H31N. The predicted molar refractivity (Wildman–Crippen MR) is 77.7 cm³/mol. The molecule has 3 rings (SSSR count). The van der Waals surface area contributed by atoms with Crippen molar-refractivity contribution in [3.05, 3.63) is 0 Å². The lowest BCUT2D eigenvalue weighted by atomic mass is 9.57. The van der Waals surface area contributed by atoms with Crippen LogP contribution in [-0.4, -0.2) is 12.1 Å². The molecule has 0 saturated heterocycles. The van der Waals surface area contributed by atoms with Crippen LogP contribution in [0.2, 0.25) is 0 Å². The van der Waals surface area contributed by atoms with E-state index in [0.717, 1.165) is 23.4 Å². The first kappa shape index (κ1) is 13.0. The van der Waals surface area contributed by atoms with E-state index in [0.29, 0.717) is 0 Å². The van der Waals surface area contributed by atoms with Crippen LogP contribution in [-0.2, 0) is 0 Å². The summed E-state index contributed by atoms with van der Waals surface area (Å²) in [5.41, 5.74) is 0.737. The summed E-state index contributed by atoms with van der Waals surface area (Å²) in [6.07, 6.45) is 17.9. The van der Waals surface area contributed by atoms with Crippen LogP contribution in [0, 0.1) is 11.3 Å². The Bertz CT molecular complexity index is 261. The molecule has 1 N–H and O–H groups in total. The van der Waals surface area contributed by atoms with Crippen molar-refractivity contribution in [2.24, 2.45) is 11.3 Å². The largest absolute Gasteiger partial charge is 0.311 e. The van der Waals surface area contributed by atoms with Crippen LogP contribution in [0.15, 0.2) is 0 Å². The van der Waals surface area contributed by atoms with Gasteiger partial charge >= 0.3 is 0 Å². The average Bonchev–Trinajstić information content (AvgIpc) is 2.45. The highest BCUT2D eigenvalue weighted by Gasteiger charge is 2.47. The molecule has 2 unspecified atom stereocenters. The van der Waals surface area contributed by atoms with E-state index >= 15 is 0 Å². The summed E-state index contributed by atoms with van der Waals surface area (Å²) in [6.45, 7) is 2.46. The number of rotatable bonds is 3. The van der Waals surface area contributed by atoms with Gasteiger partial charge in [-0.15, -0.1) is 0 Å². The van der Waals surface area contributed by atoms with Crippen molar-refractivity contribution in [3.8, 4) is 0 Å². The quantitative estimate of drug-likeness (QED) is 0.767. The maximum Gasteiger partial charge on any atom is 0.0126 e. The Kier molecular flexibility index (Phi) is 3.98. The fraction of sp³-hybridized carbons (Fsp3) is 1.00. The normalized spacial score (nSPS) is 34.2. The molecule has 1 heteroatoms. The Morgan fingerprint density at radius 3 is 2.11 bits per heavy atom. The van der Waals surface area contributed by atoms with Crippen LogP contribution >= 0.6 is 0 Å². The molecule has 0 amide bonds. The maximum absolute atomic E-state index is 4.05. The minimum Gasteiger partial charge on any atom is -0.311 e. The number of hydrogen-bond acceptors (Lipinski definition) is 1. The smallest absolute Gasteiger partial charge is 0.0126 e. The second kappa shape index (κ2) is 5.53. The molecule has 3 aliphatic carbocycles. The van der Waals surface area contributed by atoms with Crippen molar-refractivity contribution in [1.29, 1.82) is 0 Å². The summed E-state index contributed by atoms with van der Waals surface area (Å²) in [6, 6.07) is 1.64. The number of nitrogens with one attached hydrogen (secondary N) is 1. The summed E-state index contributed by atoms with van der Waals surface area (Å²) >= 11 is 0. The first-order chi connectivity index (χ1) is 8.80. The first-order valence-corrected chi connectivity index (χ1v) is 8.56. The third-order valence-corrected chi connectivity index (χ3v) is 6.34. The molecule has 3 saturated carbocycles. The van der Waals surface area contributed by atoms with Gasteiger partial charge in [0.2, 0.25) is 0 Å². The SMILES string of the molecule is CC(NC1CCC12CCCCC2)C1CCCCC1. The predicted octanol–water partition coefficient (Wildman–Crippen LogP) is 4.66. The van der Waals surface area contributed by atoms with Crippen molar-refractivity contribution < 1.29 is 0 Å². The minimum absolute atomic E-state index is 0.737. The van der Waals surface area contributed by atoms with Gasteiger partial charge in [-0.3, -0.25) is 0 Å². The Hall–Kier alpha value is -0.0400. The maximum atomic E-state index is 4.05. The highest BCUT2D eigenvalue weighted by atomic mass is 15.0. The van der Waals surface area contributed by atoms with Crippen LogP contribution in [0.3, 0.4) is 0 Å². The Labute approximate surface area is 113 Å². The summed E-state index contributed by atoms with van der Waals surface area (Å²) < 4.78 is 0. The van der Waals surface area contributed by atoms with Crippen molar-refractivity contribution in [2.45, 2.75) is 96.1 Å². The zero-order valence-electron chi connectivity index (χ0n) is 12.2. The van der Waals surface area contributed by atoms with Gasteiger partial charge in [0.25, 0.3) is 0 Å². The van der Waals surface area contributed by atoms with E-state index in [1.807, 2.05) is 0 Å². The summed E-state index contributed by atoms with van der Waals surface area (Å²) in [4.78, 5) is 0. The second-order valence-corrected chi connectivity index (χ2v) is 7.37. The Balaban J connectivity index is 1.52. The van der Waals surface area contributed by atoms with Gasteiger partial charge in [-0.25, -0.2) is 0 Å². The van der Waals surface area contributed by atoms with Crippen LogP contribution in [0.5, 0.6) is 0 Å². The fourth-order valence-corrected chi connectivity index (χ4v) is 4.90. The van der Waals surface area contributed by atoms with Crippen LogP contribution in [0.1, 0.15) is 84.0 Å². The topological polar surface area (TPSA) is 12.0 Å². The lowest BCUT2D eigenvalue weighted by molar-refractivity contribution is 0.0117. The van der Waals surface area contributed by atoms with Gasteiger partial charge < -0.3 is 5.32 Å². The van der Waals surface area contributed by atoms with E-state index in [9.17, 15) is 0 Å². The molecule has 3 aliphatic rings. The molecule has 0 aromatic rings. The molecule has 0 aromatic heterocycles. The summed E-state index contributed by atoms with van der Waals surface area (Å²) in [5, 5.41) is 4.05. The Morgan fingerprint density at radius 2 is 1.50 bits per heavy atom. The van der Waals surface area contributed by atoms with Crippen LogP contribution < -0.4 is 5.32 Å². The van der Waals surface area contributed by atoms with E-state index in [1.54, 1.807) is 0 Å². The van der Waals surface area contributed by atoms with Gasteiger partial charge in [0, 0.05) is 12.1 Å². The lowest BCUT2D eigenvalue weighted by Gasteiger charge is -2.54. The Morgan fingerprint density at radius 1 is 0.833 bits per heavy atom. The van der Waals surface area contributed by atoms with Gasteiger partial charge in [-0.05, 0) is 56.8 Å². The molecule has 0 bridgehead atoms. The molecule has 0 aliphatic heterocycles. The number of hydrogen-bond donors (Lipinski definition) is 1. The van der Waals surface area contributed by atoms with E-state index in [1.165, 1.54) is 77.0 Å². The van der Waals surface area contributed by atoms with Gasteiger partial charge in [0.15, 0.2) is 0 Å². The van der Waals surface area contributed by atoms with E-state index < -0.39 is 0 Å². The third-order valence-electron chi connectivity index (χ3n) is 6.34. The second-order valence-electron chi connectivity index (χ2n) is 7.37. The molecule has 1 nitrogen and oxygen atoms in total. The minimum atomic E-state index is 0.737. The molecular weight excluding hydrogens is 218 g/mol. The molecule has 104 valence electrons. The van der Waals surface area contributed by atoms with Crippen molar-refractivity contribution in [1.82, 2.24) is 5.32 Å². The molecule has 18 heavy (non-hydrogen) atoms. The van der Waals surface area contributed by atoms with Crippen molar-refractivity contribution >= 4 is 0 Å². The van der Waals surface area contributed by atoms with Gasteiger partial charge in [0.1, 0.15) is 0 Å². The third kappa shape index (κ3) is 2.48. The van der Waals surface area contributed by atoms with Gasteiger partial charge in [-0.1, -0.05) is 38.5 Å². The van der Waals surface area contributed by atoms with Crippen molar-refractivity contribution in [3.63, 3.8) is 0 Å². The highest BCUT2D eigenvalue weighted by molar-refractivity contribution is 5.02. The average molecular weight is 249 g/mol. The standard InChI is InChI=1S/C17H31N/c1-14(15-8-4-2-5-9-15)18-16-10-13-17(16)11-6-3-7-12-17/h14-16,18H,2-13H2,1H3. The summed E-state index contributed by atoms with van der Waals surface area (Å²) in [7, 11) is 0. The van der Waals surface area contributed by atoms with Gasteiger partial charge in [0.05, 0.1) is 0 Å². The fourth-order valence-electron chi connectivity index (χ4n) is 4.90. The van der Waals surface area contributed by atoms with E-state index in [4.69, 9.17) is 0 Å². The molecule has 0 aromatic carbocycles. The lowest BCUT2D eigenvalue weighted by Crippen LogP contribution is -2.57. The summed E-state index contributed by atoms with van der Waals surface area (Å²) in [5.74, 6) is 0.972. The van der Waals surface area contributed by atoms with E-state index in [-0.39, 0.29) is 0 Å². The molecule has 3 fully saturated rings. The van der Waals surface area contributed by atoms with Crippen LogP contribution in [0.4, 0.5) is 0 Å². The van der Waals surface area contributed by atoms with Crippen molar-refractivity contribution in [2.75, 3.05) is 0 Å². The molecule has 2 atom stereocenters. The zero-order chi connectivity index (χ0) is 12.4. The first-order valence-electron chi connectivity index (χ1n) is 8.56. The molecule has 0 radical (unpaired) electrons. The molecule has 1 spiro atoms. The van der Waals surface area contributed by atoms with Gasteiger partial charge in [-0.2, -0.15) is 0 Å². The highest BCUT2D eigenvalue weighted by Crippen LogP contribution is 2.52. The zero-order valence-corrected chi connectivity index (χ0v) is 12.2. The van der Waals surface area contributed by atoms with E-state index in [2.05, 4.69) is 12.2 Å². The monoisotopic (exact) mass is 249 g/mol. The molecule has 0 heterocycles. The van der Waals surface area contributed by atoms with Crippen LogP contribution in [0.25, 0.3) is 0 Å².